The zero-order chi connectivity index (χ0) is 16.3. The predicted molar refractivity (Wildman–Crippen MR) is 94.0 cm³/mol. The van der Waals surface area contributed by atoms with Crippen LogP contribution in [0.5, 0.6) is 0 Å². The van der Waals surface area contributed by atoms with Crippen LogP contribution in [0.15, 0.2) is 29.2 Å². The molecule has 0 saturated carbocycles. The van der Waals surface area contributed by atoms with Gasteiger partial charge in [0.05, 0.1) is 17.7 Å². The van der Waals surface area contributed by atoms with E-state index in [9.17, 15) is 9.90 Å². The third-order valence-electron chi connectivity index (χ3n) is 4.90. The molecule has 1 atom stereocenters. The maximum atomic E-state index is 12.9. The van der Waals surface area contributed by atoms with Crippen molar-refractivity contribution in [2.45, 2.75) is 36.2 Å². The highest BCUT2D eigenvalue weighted by molar-refractivity contribution is 7.98. The van der Waals surface area contributed by atoms with Crippen molar-refractivity contribution in [3.05, 3.63) is 29.8 Å². The molecule has 2 heterocycles. The average Bonchev–Trinajstić information content (AvgIpc) is 3.06. The van der Waals surface area contributed by atoms with Gasteiger partial charge in [0.15, 0.2) is 0 Å². The van der Waals surface area contributed by atoms with Gasteiger partial charge in [-0.05, 0) is 57.2 Å². The number of benzene rings is 1. The van der Waals surface area contributed by atoms with Crippen LogP contribution in [0.25, 0.3) is 0 Å². The van der Waals surface area contributed by atoms with Crippen LogP contribution < -0.4 is 0 Å². The zero-order valence-electron chi connectivity index (χ0n) is 13.8. The molecule has 1 aromatic rings. The summed E-state index contributed by atoms with van der Waals surface area (Å²) in [4.78, 5) is 18.1. The lowest BCUT2D eigenvalue weighted by Gasteiger charge is -2.41. The third kappa shape index (κ3) is 3.90. The van der Waals surface area contributed by atoms with Crippen molar-refractivity contribution in [3.8, 4) is 0 Å². The number of amides is 1. The molecule has 2 aliphatic heterocycles. The number of hydrogen-bond acceptors (Lipinski definition) is 4. The summed E-state index contributed by atoms with van der Waals surface area (Å²) in [5.74, 6) is 0.0505. The first kappa shape index (κ1) is 16.8. The standard InChI is InChI=1S/C18H26N2O2S/c1-23-16-8-3-2-7-15(16)17(21)20-12-6-9-18(22,14-20)13-19-10-4-5-11-19/h2-3,7-8,22H,4-6,9-14H2,1H3/t18-/m1/s1. The fourth-order valence-electron chi connectivity index (χ4n) is 3.76. The number of β-amino-alcohol motifs (C(OH)–C–C–N with tert-alkyl or cyclic N) is 1. The van der Waals surface area contributed by atoms with Crippen LogP contribution in [0, 0.1) is 0 Å². The topological polar surface area (TPSA) is 43.8 Å². The summed E-state index contributed by atoms with van der Waals surface area (Å²) in [6, 6.07) is 7.75. The van der Waals surface area contributed by atoms with Gasteiger partial charge in [0.25, 0.3) is 5.91 Å². The molecule has 1 N–H and O–H groups in total. The molecule has 23 heavy (non-hydrogen) atoms. The van der Waals surface area contributed by atoms with Gasteiger partial charge in [-0.2, -0.15) is 0 Å². The SMILES string of the molecule is CSc1ccccc1C(=O)N1CCC[C@@](O)(CN2CCCC2)C1. The lowest BCUT2D eigenvalue weighted by atomic mass is 9.91. The number of likely N-dealkylation sites (tertiary alicyclic amines) is 2. The fraction of sp³-hybridized carbons (Fsp3) is 0.611. The molecule has 0 spiro atoms. The Labute approximate surface area is 142 Å². The summed E-state index contributed by atoms with van der Waals surface area (Å²) in [7, 11) is 0. The monoisotopic (exact) mass is 334 g/mol. The molecule has 1 aromatic carbocycles. The Balaban J connectivity index is 1.71. The minimum Gasteiger partial charge on any atom is -0.387 e. The molecule has 2 fully saturated rings. The van der Waals surface area contributed by atoms with E-state index in [4.69, 9.17) is 0 Å². The highest BCUT2D eigenvalue weighted by atomic mass is 32.2. The molecule has 2 saturated heterocycles. The van der Waals surface area contributed by atoms with Gasteiger partial charge < -0.3 is 14.9 Å². The number of thioether (sulfide) groups is 1. The maximum Gasteiger partial charge on any atom is 0.255 e. The lowest BCUT2D eigenvalue weighted by molar-refractivity contribution is -0.0431. The molecular weight excluding hydrogens is 308 g/mol. The van der Waals surface area contributed by atoms with Crippen LogP contribution >= 0.6 is 11.8 Å². The molecule has 0 radical (unpaired) electrons. The molecule has 0 bridgehead atoms. The van der Waals surface area contributed by atoms with E-state index in [1.165, 1.54) is 12.8 Å². The number of nitrogens with zero attached hydrogens (tertiary/aromatic N) is 2. The number of hydrogen-bond donors (Lipinski definition) is 1. The van der Waals surface area contributed by atoms with E-state index >= 15 is 0 Å². The molecule has 5 heteroatoms. The number of aliphatic hydroxyl groups is 1. The molecular formula is C18H26N2O2S. The summed E-state index contributed by atoms with van der Waals surface area (Å²) in [5.41, 5.74) is -0.00237. The second kappa shape index (κ2) is 7.24. The van der Waals surface area contributed by atoms with Gasteiger partial charge in [-0.1, -0.05) is 12.1 Å². The van der Waals surface area contributed by atoms with Gasteiger partial charge in [-0.15, -0.1) is 11.8 Å². The third-order valence-corrected chi connectivity index (χ3v) is 5.69. The smallest absolute Gasteiger partial charge is 0.255 e. The van der Waals surface area contributed by atoms with E-state index in [1.807, 2.05) is 35.4 Å². The number of carbonyl (C=O) groups excluding carboxylic acids is 1. The van der Waals surface area contributed by atoms with Crippen LogP contribution in [0.1, 0.15) is 36.0 Å². The van der Waals surface area contributed by atoms with E-state index in [0.717, 1.165) is 42.9 Å². The van der Waals surface area contributed by atoms with E-state index in [-0.39, 0.29) is 5.91 Å². The lowest BCUT2D eigenvalue weighted by Crippen LogP contribution is -2.55. The predicted octanol–water partition coefficient (Wildman–Crippen LogP) is 2.47. The van der Waals surface area contributed by atoms with Crippen molar-refractivity contribution < 1.29 is 9.90 Å². The highest BCUT2D eigenvalue weighted by Crippen LogP contribution is 2.27. The van der Waals surface area contributed by atoms with E-state index in [0.29, 0.717) is 13.1 Å². The quantitative estimate of drug-likeness (QED) is 0.859. The van der Waals surface area contributed by atoms with Gasteiger partial charge in [0.2, 0.25) is 0 Å². The number of carbonyl (C=O) groups is 1. The number of piperidine rings is 1. The molecule has 0 aromatic heterocycles. The van der Waals surface area contributed by atoms with Crippen LogP contribution in [-0.4, -0.2) is 65.4 Å². The van der Waals surface area contributed by atoms with E-state index in [1.54, 1.807) is 11.8 Å². The van der Waals surface area contributed by atoms with Gasteiger partial charge in [0, 0.05) is 18.0 Å². The summed E-state index contributed by atoms with van der Waals surface area (Å²) in [5, 5.41) is 11.0. The minimum atomic E-state index is -0.757. The summed E-state index contributed by atoms with van der Waals surface area (Å²) >= 11 is 1.60. The average molecular weight is 334 g/mol. The molecule has 4 nitrogen and oxygen atoms in total. The minimum absolute atomic E-state index is 0.0505. The molecule has 0 aliphatic carbocycles. The van der Waals surface area contributed by atoms with Gasteiger partial charge >= 0.3 is 0 Å². The Hall–Kier alpha value is -1.04. The Kier molecular flexibility index (Phi) is 5.29. The molecule has 126 valence electrons. The van der Waals surface area contributed by atoms with Gasteiger partial charge in [-0.25, -0.2) is 0 Å². The van der Waals surface area contributed by atoms with Crippen molar-refractivity contribution in [2.75, 3.05) is 39.0 Å². The first-order valence-electron chi connectivity index (χ1n) is 8.48. The molecule has 0 unspecified atom stereocenters. The highest BCUT2D eigenvalue weighted by Gasteiger charge is 2.37. The van der Waals surface area contributed by atoms with Crippen molar-refractivity contribution in [2.24, 2.45) is 0 Å². The van der Waals surface area contributed by atoms with Crippen LogP contribution in [-0.2, 0) is 0 Å². The van der Waals surface area contributed by atoms with Crippen molar-refractivity contribution >= 4 is 17.7 Å². The Bertz CT molecular complexity index is 560. The van der Waals surface area contributed by atoms with E-state index < -0.39 is 5.60 Å². The summed E-state index contributed by atoms with van der Waals surface area (Å²) in [6.45, 7) is 4.03. The number of rotatable bonds is 4. The molecule has 1 amide bonds. The van der Waals surface area contributed by atoms with Crippen LogP contribution in [0.4, 0.5) is 0 Å². The van der Waals surface area contributed by atoms with Crippen LogP contribution in [0.2, 0.25) is 0 Å². The second-order valence-corrected chi connectivity index (χ2v) is 7.59. The summed E-state index contributed by atoms with van der Waals surface area (Å²) in [6.07, 6.45) is 6.10. The Morgan fingerprint density at radius 3 is 2.70 bits per heavy atom. The first-order chi connectivity index (χ1) is 11.1. The Morgan fingerprint density at radius 2 is 1.96 bits per heavy atom. The van der Waals surface area contributed by atoms with Crippen molar-refractivity contribution in [1.82, 2.24) is 9.80 Å². The van der Waals surface area contributed by atoms with Gasteiger partial charge in [0.1, 0.15) is 0 Å². The van der Waals surface area contributed by atoms with Gasteiger partial charge in [-0.3, -0.25) is 4.79 Å². The maximum absolute atomic E-state index is 12.9. The zero-order valence-corrected chi connectivity index (χ0v) is 14.6. The Morgan fingerprint density at radius 1 is 1.22 bits per heavy atom. The fourth-order valence-corrected chi connectivity index (χ4v) is 4.35. The molecule has 2 aliphatic rings. The summed E-state index contributed by atoms with van der Waals surface area (Å²) < 4.78 is 0. The van der Waals surface area contributed by atoms with Crippen molar-refractivity contribution in [3.63, 3.8) is 0 Å². The normalized spacial score (nSPS) is 25.7. The largest absolute Gasteiger partial charge is 0.387 e. The van der Waals surface area contributed by atoms with Crippen molar-refractivity contribution in [1.29, 1.82) is 0 Å². The molecule has 3 rings (SSSR count). The first-order valence-corrected chi connectivity index (χ1v) is 9.71. The second-order valence-electron chi connectivity index (χ2n) is 6.74. The van der Waals surface area contributed by atoms with E-state index in [2.05, 4.69) is 4.90 Å². The van der Waals surface area contributed by atoms with Crippen LogP contribution in [0.3, 0.4) is 0 Å².